The first-order valence-electron chi connectivity index (χ1n) is 5.24. The number of hydrogen-bond donors (Lipinski definition) is 4. The van der Waals surface area contributed by atoms with Gasteiger partial charge in [-0.2, -0.15) is 0 Å². The minimum absolute atomic E-state index is 0.00741. The summed E-state index contributed by atoms with van der Waals surface area (Å²) in [6, 6.07) is 6.62. The van der Waals surface area contributed by atoms with Gasteiger partial charge in [-0.05, 0) is 5.56 Å². The molecule has 0 aromatic heterocycles. The largest absolute Gasteiger partial charge is 0.465 e. The molecule has 0 unspecified atom stereocenters. The Balaban J connectivity index is 2.76. The third-order valence-corrected chi connectivity index (χ3v) is 2.37. The number of aliphatic hydroxyl groups is 1. The Hall–Kier alpha value is -2.28. The molecule has 18 heavy (non-hydrogen) atoms. The van der Waals surface area contributed by atoms with Gasteiger partial charge in [0, 0.05) is 18.7 Å². The average Bonchev–Trinajstić information content (AvgIpc) is 2.38. The molecule has 1 rings (SSSR count). The van der Waals surface area contributed by atoms with Crippen LogP contribution in [0.5, 0.6) is 0 Å². The van der Waals surface area contributed by atoms with Crippen molar-refractivity contribution >= 4 is 11.9 Å². The van der Waals surface area contributed by atoms with Crippen LogP contribution >= 0.6 is 0 Å². The number of nitrogens with zero attached hydrogens (tertiary/aromatic N) is 2. The SMILES string of the molecule is N/C(=N/O)c1ccc(CN(CCO)C(=O)O)cc1. The van der Waals surface area contributed by atoms with Crippen LogP contribution in [-0.2, 0) is 6.54 Å². The molecule has 98 valence electrons. The van der Waals surface area contributed by atoms with Gasteiger partial charge in [0.1, 0.15) is 0 Å². The number of carbonyl (C=O) groups is 1. The fourth-order valence-electron chi connectivity index (χ4n) is 1.42. The van der Waals surface area contributed by atoms with Crippen LogP contribution in [0.15, 0.2) is 29.4 Å². The highest BCUT2D eigenvalue weighted by atomic mass is 16.4. The second-order valence-electron chi connectivity index (χ2n) is 3.61. The number of carboxylic acid groups (broad SMARTS) is 1. The maximum Gasteiger partial charge on any atom is 0.407 e. The summed E-state index contributed by atoms with van der Waals surface area (Å²) in [7, 11) is 0. The number of amides is 1. The molecule has 0 aliphatic heterocycles. The Kier molecular flexibility index (Phi) is 4.94. The number of nitrogens with two attached hydrogens (primary N) is 1. The van der Waals surface area contributed by atoms with Gasteiger partial charge in [0.2, 0.25) is 0 Å². The molecule has 1 aromatic carbocycles. The highest BCUT2D eigenvalue weighted by Crippen LogP contribution is 2.07. The minimum Gasteiger partial charge on any atom is -0.465 e. The maximum atomic E-state index is 10.9. The highest BCUT2D eigenvalue weighted by molar-refractivity contribution is 5.96. The van der Waals surface area contributed by atoms with Crippen LogP contribution in [0.1, 0.15) is 11.1 Å². The molecule has 0 saturated carbocycles. The number of amidine groups is 1. The Morgan fingerprint density at radius 3 is 2.39 bits per heavy atom. The van der Waals surface area contributed by atoms with E-state index < -0.39 is 6.09 Å². The van der Waals surface area contributed by atoms with Gasteiger partial charge in [-0.25, -0.2) is 4.79 Å². The number of aliphatic hydroxyl groups excluding tert-OH is 1. The van der Waals surface area contributed by atoms with Crippen molar-refractivity contribution < 1.29 is 20.2 Å². The predicted octanol–water partition coefficient (Wildman–Crippen LogP) is 0.253. The van der Waals surface area contributed by atoms with Crippen LogP contribution in [0.25, 0.3) is 0 Å². The van der Waals surface area contributed by atoms with Crippen molar-refractivity contribution in [1.29, 1.82) is 0 Å². The monoisotopic (exact) mass is 253 g/mol. The third kappa shape index (κ3) is 3.63. The number of rotatable bonds is 5. The van der Waals surface area contributed by atoms with Crippen LogP contribution in [0.3, 0.4) is 0 Å². The van der Waals surface area contributed by atoms with Crippen molar-refractivity contribution in [2.24, 2.45) is 10.9 Å². The smallest absolute Gasteiger partial charge is 0.407 e. The van der Waals surface area contributed by atoms with Gasteiger partial charge < -0.3 is 26.1 Å². The summed E-state index contributed by atoms with van der Waals surface area (Å²) in [5.41, 5.74) is 6.70. The first kappa shape index (κ1) is 13.8. The van der Waals surface area contributed by atoms with E-state index in [1.165, 1.54) is 0 Å². The maximum absolute atomic E-state index is 10.9. The molecule has 0 radical (unpaired) electrons. The molecule has 0 aliphatic rings. The molecule has 0 aliphatic carbocycles. The molecule has 0 fully saturated rings. The molecule has 0 spiro atoms. The van der Waals surface area contributed by atoms with E-state index in [9.17, 15) is 4.79 Å². The topological polar surface area (TPSA) is 119 Å². The van der Waals surface area contributed by atoms with Crippen molar-refractivity contribution in [3.63, 3.8) is 0 Å². The van der Waals surface area contributed by atoms with E-state index >= 15 is 0 Å². The van der Waals surface area contributed by atoms with Crippen molar-refractivity contribution in [1.82, 2.24) is 4.90 Å². The van der Waals surface area contributed by atoms with E-state index in [0.29, 0.717) is 5.56 Å². The van der Waals surface area contributed by atoms with Crippen LogP contribution < -0.4 is 5.73 Å². The zero-order chi connectivity index (χ0) is 13.5. The van der Waals surface area contributed by atoms with Crippen LogP contribution in [0.4, 0.5) is 4.79 Å². The van der Waals surface area contributed by atoms with E-state index in [0.717, 1.165) is 10.5 Å². The summed E-state index contributed by atoms with van der Waals surface area (Å²) in [6.45, 7) is -0.00182. The minimum atomic E-state index is -1.09. The molecule has 7 heteroatoms. The number of hydrogen-bond acceptors (Lipinski definition) is 4. The summed E-state index contributed by atoms with van der Waals surface area (Å²) < 4.78 is 0. The summed E-state index contributed by atoms with van der Waals surface area (Å²) in [5, 5.41) is 29.0. The van der Waals surface area contributed by atoms with Crippen molar-refractivity contribution in [3.8, 4) is 0 Å². The van der Waals surface area contributed by atoms with Crippen molar-refractivity contribution in [2.45, 2.75) is 6.54 Å². The molecule has 7 nitrogen and oxygen atoms in total. The molecule has 0 atom stereocenters. The first-order chi connectivity index (χ1) is 8.58. The normalized spacial score (nSPS) is 11.3. The van der Waals surface area contributed by atoms with Gasteiger partial charge in [0.05, 0.1) is 6.61 Å². The van der Waals surface area contributed by atoms with Crippen molar-refractivity contribution in [2.75, 3.05) is 13.2 Å². The summed E-state index contributed by atoms with van der Waals surface area (Å²) in [4.78, 5) is 12.0. The average molecular weight is 253 g/mol. The Morgan fingerprint density at radius 1 is 1.33 bits per heavy atom. The fraction of sp³-hybridized carbons (Fsp3) is 0.273. The number of oxime groups is 1. The fourth-order valence-corrected chi connectivity index (χ4v) is 1.42. The molecule has 5 N–H and O–H groups in total. The molecule has 0 saturated heterocycles. The van der Waals surface area contributed by atoms with Gasteiger partial charge in [-0.1, -0.05) is 29.4 Å². The molecule has 1 aromatic rings. The summed E-state index contributed by atoms with van der Waals surface area (Å²) >= 11 is 0. The zero-order valence-electron chi connectivity index (χ0n) is 9.65. The van der Waals surface area contributed by atoms with E-state index in [-0.39, 0.29) is 25.5 Å². The lowest BCUT2D eigenvalue weighted by molar-refractivity contribution is 0.129. The standard InChI is InChI=1S/C11H15N3O4/c12-10(13-18)9-3-1-8(2-4-9)7-14(5-6-15)11(16)17/h1-4,15,18H,5-7H2,(H2,12,13)(H,16,17). The Bertz CT molecular complexity index is 430. The van der Waals surface area contributed by atoms with Crippen molar-refractivity contribution in [3.05, 3.63) is 35.4 Å². The van der Waals surface area contributed by atoms with Crippen LogP contribution in [-0.4, -0.2) is 45.4 Å². The van der Waals surface area contributed by atoms with E-state index in [1.54, 1.807) is 24.3 Å². The van der Waals surface area contributed by atoms with Gasteiger partial charge in [0.25, 0.3) is 0 Å². The lowest BCUT2D eigenvalue weighted by atomic mass is 10.1. The Labute approximate surface area is 104 Å². The molecular weight excluding hydrogens is 238 g/mol. The number of benzene rings is 1. The Morgan fingerprint density at radius 2 is 1.94 bits per heavy atom. The van der Waals surface area contributed by atoms with Gasteiger partial charge >= 0.3 is 6.09 Å². The second-order valence-corrected chi connectivity index (χ2v) is 3.61. The molecule has 1 amide bonds. The summed E-state index contributed by atoms with van der Waals surface area (Å²) in [6.07, 6.45) is -1.09. The lowest BCUT2D eigenvalue weighted by Gasteiger charge is -2.17. The third-order valence-electron chi connectivity index (χ3n) is 2.37. The van der Waals surface area contributed by atoms with E-state index in [1.807, 2.05) is 0 Å². The first-order valence-corrected chi connectivity index (χ1v) is 5.24. The van der Waals surface area contributed by atoms with Crippen LogP contribution in [0.2, 0.25) is 0 Å². The quantitative estimate of drug-likeness (QED) is 0.259. The van der Waals surface area contributed by atoms with Gasteiger partial charge in [-0.3, -0.25) is 0 Å². The lowest BCUT2D eigenvalue weighted by Crippen LogP contribution is -2.31. The van der Waals surface area contributed by atoms with Gasteiger partial charge in [-0.15, -0.1) is 0 Å². The highest BCUT2D eigenvalue weighted by Gasteiger charge is 2.11. The van der Waals surface area contributed by atoms with E-state index in [4.69, 9.17) is 21.2 Å². The second kappa shape index (κ2) is 6.45. The van der Waals surface area contributed by atoms with Gasteiger partial charge in [0.15, 0.2) is 5.84 Å². The zero-order valence-corrected chi connectivity index (χ0v) is 9.65. The molecule has 0 bridgehead atoms. The van der Waals surface area contributed by atoms with E-state index in [2.05, 4.69) is 5.16 Å². The summed E-state index contributed by atoms with van der Waals surface area (Å²) in [5.74, 6) is -0.00741. The molecule has 0 heterocycles. The van der Waals surface area contributed by atoms with Crippen LogP contribution in [0, 0.1) is 0 Å². The molecular formula is C11H15N3O4. The predicted molar refractivity (Wildman–Crippen MR) is 64.5 cm³/mol.